The number of rotatable bonds is 5. The fourth-order valence-electron chi connectivity index (χ4n) is 1.94. The third-order valence-electron chi connectivity index (χ3n) is 2.96. The molecule has 0 heterocycles. The zero-order chi connectivity index (χ0) is 14.5. The third kappa shape index (κ3) is 2.85. The second-order valence-electron chi connectivity index (χ2n) is 4.27. The lowest BCUT2D eigenvalue weighted by molar-refractivity contribution is 0.0891. The van der Waals surface area contributed by atoms with E-state index in [-0.39, 0.29) is 29.3 Å². The highest BCUT2D eigenvalue weighted by atomic mass is 16.5. The number of hydrogen-bond donors (Lipinski definition) is 0. The first-order valence-corrected chi connectivity index (χ1v) is 6.13. The molecule has 20 heavy (non-hydrogen) atoms. The van der Waals surface area contributed by atoms with Gasteiger partial charge in [-0.2, -0.15) is 0 Å². The summed E-state index contributed by atoms with van der Waals surface area (Å²) in [7, 11) is 1.48. The van der Waals surface area contributed by atoms with E-state index in [4.69, 9.17) is 9.84 Å². The maximum atomic E-state index is 12.2. The van der Waals surface area contributed by atoms with Gasteiger partial charge in [0, 0.05) is 6.07 Å². The molecule has 102 valence electrons. The molecule has 0 radical (unpaired) electrons. The number of carbonyl (C=O) groups is 2. The highest BCUT2D eigenvalue weighted by Crippen LogP contribution is 2.22. The first kappa shape index (κ1) is 13.8. The van der Waals surface area contributed by atoms with Crippen molar-refractivity contribution in [3.8, 4) is 11.5 Å². The van der Waals surface area contributed by atoms with Crippen molar-refractivity contribution in [2.24, 2.45) is 0 Å². The highest BCUT2D eigenvalue weighted by Gasteiger charge is 2.20. The molecule has 0 aliphatic carbocycles. The largest absolute Gasteiger partial charge is 0.593 e. The van der Waals surface area contributed by atoms with Crippen molar-refractivity contribution < 1.29 is 19.4 Å². The molecule has 0 aromatic heterocycles. The third-order valence-corrected chi connectivity index (χ3v) is 2.96. The molecular weight excluding hydrogens is 256 g/mol. The first-order valence-electron chi connectivity index (χ1n) is 6.13. The van der Waals surface area contributed by atoms with E-state index in [2.05, 4.69) is 0 Å². The Labute approximate surface area is 116 Å². The van der Waals surface area contributed by atoms with Crippen molar-refractivity contribution in [3.63, 3.8) is 0 Å². The van der Waals surface area contributed by atoms with E-state index in [0.717, 1.165) is 0 Å². The van der Waals surface area contributed by atoms with Crippen LogP contribution in [0.25, 0.3) is 0 Å². The number of hydrogen-bond acceptors (Lipinski definition) is 3. The second-order valence-corrected chi connectivity index (χ2v) is 4.27. The van der Waals surface area contributed by atoms with Crippen LogP contribution in [0.3, 0.4) is 0 Å². The molecule has 0 aliphatic heterocycles. The molecule has 0 spiro atoms. The van der Waals surface area contributed by atoms with Crippen LogP contribution < -0.4 is 4.74 Å². The van der Waals surface area contributed by atoms with Gasteiger partial charge in [-0.05, 0) is 18.2 Å². The summed E-state index contributed by atoms with van der Waals surface area (Å²) in [6.07, 6.45) is -0.268. The summed E-state index contributed by atoms with van der Waals surface area (Å²) in [5.41, 5.74) is 0.640. The van der Waals surface area contributed by atoms with Crippen molar-refractivity contribution in [2.45, 2.75) is 6.42 Å². The molecule has 0 bridgehead atoms. The summed E-state index contributed by atoms with van der Waals surface area (Å²) < 4.78 is 5.11. The standard InChI is InChI=1S/C16H14O4/c1-20-16-9-5-3-7-12(16)15(19)10-14(18)11-6-2-4-8-13(11)17/h2-9,17H,10H2,1H3/p+1. The molecule has 2 N–H and O–H groups in total. The molecule has 2 aromatic rings. The molecule has 2 aromatic carbocycles. The van der Waals surface area contributed by atoms with Crippen LogP contribution in [0, 0.1) is 0 Å². The molecule has 0 fully saturated rings. The number of ether oxygens (including phenoxy) is 1. The predicted octanol–water partition coefficient (Wildman–Crippen LogP) is 2.59. The molecule has 0 aliphatic rings. The highest BCUT2D eigenvalue weighted by molar-refractivity contribution is 6.15. The SMILES string of the molecule is COc1ccccc1C(=O)CC(=O)c1ccccc1[OH2+]. The van der Waals surface area contributed by atoms with Gasteiger partial charge >= 0.3 is 0 Å². The van der Waals surface area contributed by atoms with Crippen LogP contribution in [0.2, 0.25) is 0 Å². The van der Waals surface area contributed by atoms with E-state index in [1.54, 1.807) is 42.5 Å². The number of ketones is 2. The zero-order valence-corrected chi connectivity index (χ0v) is 11.1. The lowest BCUT2D eigenvalue weighted by atomic mass is 10.0. The van der Waals surface area contributed by atoms with Crippen molar-refractivity contribution in [3.05, 3.63) is 59.7 Å². The molecule has 0 saturated heterocycles. The Kier molecular flexibility index (Phi) is 4.15. The maximum absolute atomic E-state index is 12.2. The molecule has 2 rings (SSSR count). The van der Waals surface area contributed by atoms with Gasteiger partial charge in [-0.1, -0.05) is 24.3 Å². The van der Waals surface area contributed by atoms with E-state index in [1.165, 1.54) is 13.2 Å². The van der Waals surface area contributed by atoms with Gasteiger partial charge in [0.2, 0.25) is 0 Å². The number of Topliss-reactive ketones (excluding diaryl/α,β-unsaturated/α-hetero) is 2. The van der Waals surface area contributed by atoms with Crippen molar-refractivity contribution in [2.75, 3.05) is 7.11 Å². The van der Waals surface area contributed by atoms with E-state index in [9.17, 15) is 9.59 Å². The van der Waals surface area contributed by atoms with E-state index in [0.29, 0.717) is 11.3 Å². The molecule has 4 nitrogen and oxygen atoms in total. The summed E-state index contributed by atoms with van der Waals surface area (Å²) >= 11 is 0. The van der Waals surface area contributed by atoms with Gasteiger partial charge in [0.25, 0.3) is 5.75 Å². The summed E-state index contributed by atoms with van der Waals surface area (Å²) in [4.78, 5) is 24.2. The van der Waals surface area contributed by atoms with Gasteiger partial charge in [0.05, 0.1) is 19.1 Å². The van der Waals surface area contributed by atoms with Crippen LogP contribution >= 0.6 is 0 Å². The number of methoxy groups -OCH3 is 1. The summed E-state index contributed by atoms with van der Waals surface area (Å²) in [5, 5.41) is 7.67. The normalized spacial score (nSPS) is 10.1. The Morgan fingerprint density at radius 2 is 1.50 bits per heavy atom. The lowest BCUT2D eigenvalue weighted by Gasteiger charge is -2.06. The minimum atomic E-state index is -0.355. The second kappa shape index (κ2) is 6.02. The Morgan fingerprint density at radius 1 is 0.950 bits per heavy atom. The Hall–Kier alpha value is -2.62. The van der Waals surface area contributed by atoms with E-state index < -0.39 is 0 Å². The van der Waals surface area contributed by atoms with Crippen molar-refractivity contribution in [1.29, 1.82) is 0 Å². The van der Waals surface area contributed by atoms with Crippen LogP contribution in [0.5, 0.6) is 11.5 Å². The van der Waals surface area contributed by atoms with Gasteiger partial charge in [0.15, 0.2) is 11.6 Å². The number of para-hydroxylation sites is 2. The molecule has 4 heteroatoms. The van der Waals surface area contributed by atoms with Gasteiger partial charge < -0.3 is 9.84 Å². The van der Waals surface area contributed by atoms with Crippen molar-refractivity contribution >= 4 is 11.6 Å². The molecule has 0 atom stereocenters. The van der Waals surface area contributed by atoms with Gasteiger partial charge in [0.1, 0.15) is 11.3 Å². The fourth-order valence-corrected chi connectivity index (χ4v) is 1.94. The summed E-state index contributed by atoms with van der Waals surface area (Å²) in [6, 6.07) is 13.2. The summed E-state index contributed by atoms with van der Waals surface area (Å²) in [6.45, 7) is 0. The van der Waals surface area contributed by atoms with Gasteiger partial charge in [-0.15, -0.1) is 0 Å². The lowest BCUT2D eigenvalue weighted by Crippen LogP contribution is -2.10. The monoisotopic (exact) mass is 271 g/mol. The van der Waals surface area contributed by atoms with Crippen LogP contribution in [0.4, 0.5) is 0 Å². The summed E-state index contributed by atoms with van der Waals surface area (Å²) in [5.74, 6) is -0.0861. The zero-order valence-electron chi connectivity index (χ0n) is 11.1. The Bertz CT molecular complexity index is 646. The predicted molar refractivity (Wildman–Crippen MR) is 75.8 cm³/mol. The minimum absolute atomic E-state index is 0.130. The molecular formula is C16H15O4+. The van der Waals surface area contributed by atoms with Crippen LogP contribution in [0.15, 0.2) is 48.5 Å². The van der Waals surface area contributed by atoms with E-state index in [1.807, 2.05) is 0 Å². The molecule has 0 saturated carbocycles. The average molecular weight is 271 g/mol. The van der Waals surface area contributed by atoms with Crippen molar-refractivity contribution in [1.82, 2.24) is 0 Å². The average Bonchev–Trinajstić information content (AvgIpc) is 2.47. The maximum Gasteiger partial charge on any atom is 0.264 e. The Morgan fingerprint density at radius 3 is 2.15 bits per heavy atom. The molecule has 0 unspecified atom stereocenters. The Balaban J connectivity index is 2.20. The number of carbonyl (C=O) groups excluding carboxylic acids is 2. The van der Waals surface area contributed by atoms with Crippen LogP contribution in [-0.2, 0) is 0 Å². The quantitative estimate of drug-likeness (QED) is 0.477. The fraction of sp³-hybridized carbons (Fsp3) is 0.125. The van der Waals surface area contributed by atoms with Crippen LogP contribution in [-0.4, -0.2) is 23.8 Å². The van der Waals surface area contributed by atoms with Crippen LogP contribution in [0.1, 0.15) is 27.1 Å². The van der Waals surface area contributed by atoms with Gasteiger partial charge in [-0.3, -0.25) is 9.59 Å². The van der Waals surface area contributed by atoms with E-state index >= 15 is 0 Å². The molecule has 0 amide bonds. The number of benzene rings is 2. The smallest absolute Gasteiger partial charge is 0.264 e. The minimum Gasteiger partial charge on any atom is -0.593 e. The van der Waals surface area contributed by atoms with Gasteiger partial charge in [-0.25, -0.2) is 0 Å². The topological polar surface area (TPSA) is 66.3 Å². The first-order chi connectivity index (χ1) is 9.63.